The van der Waals surface area contributed by atoms with Crippen molar-refractivity contribution in [3.63, 3.8) is 0 Å². The fraction of sp³-hybridized carbons (Fsp3) is 0.600. The Bertz CT molecular complexity index is 1140. The quantitative estimate of drug-likeness (QED) is 0.362. The first-order valence-electron chi connectivity index (χ1n) is 8.93. The molecule has 1 amide bonds. The lowest BCUT2D eigenvalue weighted by Crippen LogP contribution is -2.31. The molecule has 0 bridgehead atoms. The number of hydrogen-bond donors (Lipinski definition) is 2. The maximum Gasteiger partial charge on any atom is 0.335 e. The van der Waals surface area contributed by atoms with Crippen molar-refractivity contribution in [2.24, 2.45) is 0 Å². The average molecular weight is 479 g/mol. The summed E-state index contributed by atoms with van der Waals surface area (Å²) in [6.45, 7) is 0.209. The van der Waals surface area contributed by atoms with Crippen LogP contribution in [0.25, 0.3) is 0 Å². The van der Waals surface area contributed by atoms with Crippen LogP contribution in [0.5, 0.6) is 0 Å². The van der Waals surface area contributed by atoms with Crippen molar-refractivity contribution < 1.29 is 40.4 Å². The van der Waals surface area contributed by atoms with Crippen LogP contribution >= 0.6 is 0 Å². The molecule has 0 saturated heterocycles. The van der Waals surface area contributed by atoms with Gasteiger partial charge in [0.1, 0.15) is 5.92 Å². The highest BCUT2D eigenvalue weighted by molar-refractivity contribution is 7.90. The van der Waals surface area contributed by atoms with Gasteiger partial charge < -0.3 is 19.3 Å². The second-order valence-electron chi connectivity index (χ2n) is 6.66. The van der Waals surface area contributed by atoms with E-state index < -0.39 is 47.9 Å². The number of unbranched alkanes of at least 4 members (excludes halogenated alkanes) is 2. The number of rotatable bonds is 12. The molecule has 0 aliphatic carbocycles. The summed E-state index contributed by atoms with van der Waals surface area (Å²) in [5.41, 5.74) is 0. The summed E-state index contributed by atoms with van der Waals surface area (Å²) < 4.78 is 56.3. The van der Waals surface area contributed by atoms with Gasteiger partial charge in [0, 0.05) is 31.9 Å². The SMILES string of the molecule is CS(=O)(=O)c1nnc(CC(C(=O)NCCCCCC(=O)O)c2nnc(S(C)(=O)=O)o2)o1. The molecular weight excluding hydrogens is 458 g/mol. The Morgan fingerprint density at radius 1 is 0.935 bits per heavy atom. The van der Waals surface area contributed by atoms with Crippen molar-refractivity contribution >= 4 is 31.6 Å². The van der Waals surface area contributed by atoms with Crippen LogP contribution < -0.4 is 5.32 Å². The van der Waals surface area contributed by atoms with E-state index >= 15 is 0 Å². The van der Waals surface area contributed by atoms with Gasteiger partial charge in [-0.05, 0) is 12.8 Å². The Kier molecular flexibility index (Phi) is 7.83. The molecule has 1 atom stereocenters. The number of nitrogens with one attached hydrogen (secondary N) is 1. The van der Waals surface area contributed by atoms with Crippen molar-refractivity contribution in [2.75, 3.05) is 19.1 Å². The fourth-order valence-corrected chi connectivity index (χ4v) is 3.22. The summed E-state index contributed by atoms with van der Waals surface area (Å²) in [5, 5.41) is 23.9. The number of nitrogens with zero attached hydrogens (tertiary/aromatic N) is 4. The highest BCUT2D eigenvalue weighted by atomic mass is 32.2. The van der Waals surface area contributed by atoms with E-state index in [1.165, 1.54) is 0 Å². The summed E-state index contributed by atoms with van der Waals surface area (Å²) in [4.78, 5) is 23.2. The van der Waals surface area contributed by atoms with E-state index in [-0.39, 0.29) is 31.2 Å². The van der Waals surface area contributed by atoms with Crippen molar-refractivity contribution in [3.05, 3.63) is 11.8 Å². The summed E-state index contributed by atoms with van der Waals surface area (Å²) in [6, 6.07) is 0. The van der Waals surface area contributed by atoms with Crippen LogP contribution in [0.15, 0.2) is 19.3 Å². The number of carboxylic acids is 1. The molecular formula is C15H21N5O9S2. The monoisotopic (exact) mass is 479 g/mol. The maximum atomic E-state index is 12.7. The molecule has 0 aliphatic rings. The molecule has 2 heterocycles. The van der Waals surface area contributed by atoms with Crippen LogP contribution in [0.2, 0.25) is 0 Å². The first-order chi connectivity index (χ1) is 14.4. The molecule has 2 aromatic heterocycles. The second kappa shape index (κ2) is 9.95. The highest BCUT2D eigenvalue weighted by Crippen LogP contribution is 2.22. The van der Waals surface area contributed by atoms with Crippen molar-refractivity contribution in [1.29, 1.82) is 0 Å². The van der Waals surface area contributed by atoms with Crippen molar-refractivity contribution in [3.8, 4) is 0 Å². The normalized spacial score (nSPS) is 13.1. The number of hydrogen-bond acceptors (Lipinski definition) is 12. The number of carboxylic acid groups (broad SMARTS) is 1. The lowest BCUT2D eigenvalue weighted by molar-refractivity contribution is -0.137. The van der Waals surface area contributed by atoms with Crippen molar-refractivity contribution in [1.82, 2.24) is 25.7 Å². The zero-order chi connectivity index (χ0) is 23.2. The van der Waals surface area contributed by atoms with E-state index in [4.69, 9.17) is 13.9 Å². The van der Waals surface area contributed by atoms with Crippen LogP contribution in [0, 0.1) is 0 Å². The molecule has 0 aromatic carbocycles. The minimum absolute atomic E-state index is 0.0205. The Morgan fingerprint density at radius 3 is 2.10 bits per heavy atom. The van der Waals surface area contributed by atoms with Gasteiger partial charge in [0.05, 0.1) is 0 Å². The first-order valence-corrected chi connectivity index (χ1v) is 12.7. The van der Waals surface area contributed by atoms with E-state index in [2.05, 4.69) is 25.7 Å². The van der Waals surface area contributed by atoms with E-state index in [0.717, 1.165) is 12.5 Å². The summed E-state index contributed by atoms with van der Waals surface area (Å²) in [7, 11) is -7.57. The minimum atomic E-state index is -3.81. The average Bonchev–Trinajstić information content (AvgIpc) is 3.30. The van der Waals surface area contributed by atoms with Gasteiger partial charge in [0.25, 0.3) is 0 Å². The summed E-state index contributed by atoms with van der Waals surface area (Å²) >= 11 is 0. The van der Waals surface area contributed by atoms with Gasteiger partial charge in [-0.2, -0.15) is 0 Å². The molecule has 31 heavy (non-hydrogen) atoms. The third kappa shape index (κ3) is 7.39. The standard InChI is InChI=1S/C15H21N5O9S2/c1-30(24,25)14-19-17-10(28-14)8-9(13-18-20-15(29-13)31(2,26)27)12(23)16-7-5-3-4-6-11(21)22/h9H,3-8H2,1-2H3,(H,16,23)(H,21,22). The van der Waals surface area contributed by atoms with E-state index in [1.807, 2.05) is 0 Å². The molecule has 1 unspecified atom stereocenters. The number of carbonyl (C=O) groups is 2. The molecule has 0 fully saturated rings. The van der Waals surface area contributed by atoms with E-state index in [0.29, 0.717) is 19.3 Å². The number of aromatic nitrogens is 4. The van der Waals surface area contributed by atoms with E-state index in [9.17, 15) is 26.4 Å². The predicted octanol–water partition coefficient (Wildman–Crippen LogP) is -0.653. The van der Waals surface area contributed by atoms with Crippen LogP contribution in [0.1, 0.15) is 43.4 Å². The molecule has 2 N–H and O–H groups in total. The zero-order valence-electron chi connectivity index (χ0n) is 16.6. The summed E-state index contributed by atoms with van der Waals surface area (Å²) in [6.07, 6.45) is 2.94. The fourth-order valence-electron chi connectivity index (χ4n) is 2.36. The zero-order valence-corrected chi connectivity index (χ0v) is 18.3. The lowest BCUT2D eigenvalue weighted by Gasteiger charge is -2.11. The number of carbonyl (C=O) groups excluding carboxylic acids is 1. The Hall–Kier alpha value is -2.88. The molecule has 16 heteroatoms. The van der Waals surface area contributed by atoms with Crippen LogP contribution in [0.3, 0.4) is 0 Å². The van der Waals surface area contributed by atoms with E-state index in [1.54, 1.807) is 0 Å². The van der Waals surface area contributed by atoms with Gasteiger partial charge in [-0.25, -0.2) is 16.8 Å². The van der Waals surface area contributed by atoms with Gasteiger partial charge in [-0.3, -0.25) is 9.59 Å². The van der Waals surface area contributed by atoms with Gasteiger partial charge in [-0.15, -0.1) is 10.2 Å². The number of aliphatic carboxylic acids is 1. The highest BCUT2D eigenvalue weighted by Gasteiger charge is 2.31. The topological polar surface area (TPSA) is 213 Å². The van der Waals surface area contributed by atoms with Crippen LogP contribution in [0.4, 0.5) is 0 Å². The maximum absolute atomic E-state index is 12.7. The molecule has 0 saturated carbocycles. The molecule has 0 aliphatic heterocycles. The molecule has 14 nitrogen and oxygen atoms in total. The molecule has 172 valence electrons. The molecule has 2 aromatic rings. The van der Waals surface area contributed by atoms with Crippen LogP contribution in [-0.4, -0.2) is 73.3 Å². The van der Waals surface area contributed by atoms with Crippen molar-refractivity contribution in [2.45, 2.75) is 48.5 Å². The lowest BCUT2D eigenvalue weighted by atomic mass is 10.0. The van der Waals surface area contributed by atoms with Gasteiger partial charge >= 0.3 is 16.4 Å². The largest absolute Gasteiger partial charge is 0.481 e. The smallest absolute Gasteiger partial charge is 0.335 e. The van der Waals surface area contributed by atoms with Gasteiger partial charge in [0.2, 0.25) is 37.4 Å². The Labute approximate surface area is 177 Å². The second-order valence-corrected chi connectivity index (χ2v) is 10.5. The third-order valence-corrected chi connectivity index (χ3v) is 5.46. The van der Waals surface area contributed by atoms with Gasteiger partial charge in [-0.1, -0.05) is 16.6 Å². The summed E-state index contributed by atoms with van der Waals surface area (Å²) in [5.74, 6) is -3.30. The molecule has 0 spiro atoms. The number of sulfone groups is 2. The predicted molar refractivity (Wildman–Crippen MR) is 100 cm³/mol. The first kappa shape index (κ1) is 24.4. The Balaban J connectivity index is 2.14. The van der Waals surface area contributed by atoms with Crippen LogP contribution in [-0.2, 0) is 35.7 Å². The molecule has 2 rings (SSSR count). The number of amides is 1. The van der Waals surface area contributed by atoms with Gasteiger partial charge in [0.15, 0.2) is 0 Å². The minimum Gasteiger partial charge on any atom is -0.481 e. The third-order valence-electron chi connectivity index (χ3n) is 3.86. The Morgan fingerprint density at radius 2 is 1.55 bits per heavy atom. The molecule has 0 radical (unpaired) electrons.